The van der Waals surface area contributed by atoms with E-state index in [1.165, 1.54) is 18.2 Å². The van der Waals surface area contributed by atoms with E-state index in [-0.39, 0.29) is 34.6 Å². The van der Waals surface area contributed by atoms with E-state index >= 15 is 0 Å². The molecule has 2 aliphatic rings. The summed E-state index contributed by atoms with van der Waals surface area (Å²) in [5.41, 5.74) is -0.204. The lowest BCUT2D eigenvalue weighted by molar-refractivity contribution is -0.132. The molecule has 5 nitrogen and oxygen atoms in total. The average molecular weight is 499 g/mol. The number of halogens is 4. The molecule has 2 fully saturated rings. The third-order valence-electron chi connectivity index (χ3n) is 6.49. The Morgan fingerprint density at radius 3 is 2.44 bits per heavy atom. The molecule has 1 aliphatic carbocycles. The smallest absolute Gasteiger partial charge is 0.263 e. The monoisotopic (exact) mass is 498 g/mol. The quantitative estimate of drug-likeness (QED) is 0.592. The Hall–Kier alpha value is -2.46. The first-order valence-electron chi connectivity index (χ1n) is 11.2. The molecule has 1 heterocycles. The number of sulfonamides is 1. The Morgan fingerprint density at radius 1 is 1.09 bits per heavy atom. The Bertz CT molecular complexity index is 1170. The van der Waals surface area contributed by atoms with Gasteiger partial charge in [0.05, 0.1) is 11.8 Å². The van der Waals surface area contributed by atoms with Crippen LogP contribution in [0.15, 0.2) is 36.4 Å². The summed E-state index contributed by atoms with van der Waals surface area (Å²) in [6.45, 7) is 0.886. The second-order valence-corrected chi connectivity index (χ2v) is 10.8. The molecule has 1 aliphatic heterocycles. The number of alkyl halides is 2. The number of rotatable bonds is 6. The van der Waals surface area contributed by atoms with Gasteiger partial charge in [-0.05, 0) is 60.9 Å². The number of benzene rings is 2. The van der Waals surface area contributed by atoms with Gasteiger partial charge in [-0.2, -0.15) is 0 Å². The van der Waals surface area contributed by atoms with Crippen molar-refractivity contribution in [3.63, 3.8) is 0 Å². The Labute approximate surface area is 196 Å². The van der Waals surface area contributed by atoms with Crippen LogP contribution in [0.5, 0.6) is 0 Å². The maximum absolute atomic E-state index is 14.5. The topological polar surface area (TPSA) is 66.5 Å². The van der Waals surface area contributed by atoms with Crippen molar-refractivity contribution in [2.24, 2.45) is 5.92 Å². The van der Waals surface area contributed by atoms with Gasteiger partial charge < -0.3 is 4.90 Å². The Morgan fingerprint density at radius 2 is 1.79 bits per heavy atom. The van der Waals surface area contributed by atoms with Crippen LogP contribution in [0.1, 0.15) is 49.2 Å². The summed E-state index contributed by atoms with van der Waals surface area (Å²) in [6.07, 6.45) is 0.514. The van der Waals surface area contributed by atoms with Crippen molar-refractivity contribution in [2.75, 3.05) is 19.3 Å². The molecular formula is C24H26F4N2O3S. The molecule has 4 rings (SSSR count). The highest BCUT2D eigenvalue weighted by molar-refractivity contribution is 7.88. The first kappa shape index (κ1) is 24.7. The van der Waals surface area contributed by atoms with E-state index in [9.17, 15) is 30.8 Å². The highest BCUT2D eigenvalue weighted by atomic mass is 32.2. The van der Waals surface area contributed by atoms with Crippen molar-refractivity contribution >= 4 is 15.9 Å². The summed E-state index contributed by atoms with van der Waals surface area (Å²) in [4.78, 5) is 14.9. The molecule has 2 aromatic carbocycles. The zero-order valence-electron chi connectivity index (χ0n) is 18.6. The fourth-order valence-corrected chi connectivity index (χ4v) is 5.63. The first-order chi connectivity index (χ1) is 16.0. The van der Waals surface area contributed by atoms with Crippen LogP contribution in [0.2, 0.25) is 0 Å². The first-order valence-corrected chi connectivity index (χ1v) is 13.1. The Kier molecular flexibility index (Phi) is 7.00. The van der Waals surface area contributed by atoms with Crippen molar-refractivity contribution in [1.82, 2.24) is 9.62 Å². The third kappa shape index (κ3) is 5.43. The van der Waals surface area contributed by atoms with E-state index in [1.54, 1.807) is 4.90 Å². The van der Waals surface area contributed by atoms with Gasteiger partial charge >= 0.3 is 0 Å². The summed E-state index contributed by atoms with van der Waals surface area (Å²) >= 11 is 0. The molecule has 1 saturated carbocycles. The van der Waals surface area contributed by atoms with Crippen molar-refractivity contribution in [1.29, 1.82) is 0 Å². The molecule has 1 amide bonds. The molecule has 0 radical (unpaired) electrons. The van der Waals surface area contributed by atoms with Gasteiger partial charge in [0.25, 0.3) is 6.43 Å². The number of hydrogen-bond acceptors (Lipinski definition) is 3. The molecule has 0 unspecified atom stereocenters. The highest BCUT2D eigenvalue weighted by Crippen LogP contribution is 2.52. The second-order valence-electron chi connectivity index (χ2n) is 9.04. The number of carbonyl (C=O) groups is 1. The van der Waals surface area contributed by atoms with Crippen molar-refractivity contribution < 1.29 is 30.8 Å². The number of amides is 1. The lowest BCUT2D eigenvalue weighted by Gasteiger charge is -2.21. The van der Waals surface area contributed by atoms with Gasteiger partial charge in [0.1, 0.15) is 11.6 Å². The second kappa shape index (κ2) is 9.65. The largest absolute Gasteiger partial charge is 0.342 e. The van der Waals surface area contributed by atoms with Gasteiger partial charge in [-0.1, -0.05) is 18.2 Å². The zero-order valence-corrected chi connectivity index (χ0v) is 19.4. The van der Waals surface area contributed by atoms with Gasteiger partial charge in [0, 0.05) is 30.6 Å². The SMILES string of the molecule is CS(=O)(=O)N[C@H]1CCCN(C(=O)[C@@H]2C[C@H]2c2ccc(C(F)F)cc2-c2c(F)cccc2F)CC1. The fraction of sp³-hybridized carbons (Fsp3) is 0.458. The van der Waals surface area contributed by atoms with Gasteiger partial charge in [-0.25, -0.2) is 30.7 Å². The molecule has 0 spiro atoms. The lowest BCUT2D eigenvalue weighted by Crippen LogP contribution is -2.36. The Balaban J connectivity index is 1.55. The molecular weight excluding hydrogens is 472 g/mol. The molecule has 184 valence electrons. The van der Waals surface area contributed by atoms with Crippen LogP contribution in [0.25, 0.3) is 11.1 Å². The van der Waals surface area contributed by atoms with Gasteiger partial charge in [0.15, 0.2) is 0 Å². The normalized spacial score (nSPS) is 23.1. The summed E-state index contributed by atoms with van der Waals surface area (Å²) < 4.78 is 81.4. The van der Waals surface area contributed by atoms with Gasteiger partial charge in [0.2, 0.25) is 15.9 Å². The molecule has 2 aromatic rings. The molecule has 34 heavy (non-hydrogen) atoms. The lowest BCUT2D eigenvalue weighted by atomic mass is 9.93. The number of nitrogens with zero attached hydrogens (tertiary/aromatic N) is 1. The summed E-state index contributed by atoms with van der Waals surface area (Å²) in [6, 6.07) is 6.90. The maximum Gasteiger partial charge on any atom is 0.263 e. The molecule has 0 bridgehead atoms. The minimum Gasteiger partial charge on any atom is -0.342 e. The third-order valence-corrected chi connectivity index (χ3v) is 7.25. The van der Waals surface area contributed by atoms with E-state index in [1.807, 2.05) is 0 Å². The minimum absolute atomic E-state index is 0.0435. The molecule has 3 atom stereocenters. The van der Waals surface area contributed by atoms with E-state index in [4.69, 9.17) is 0 Å². The molecule has 1 N–H and O–H groups in total. The van der Waals surface area contributed by atoms with Crippen molar-refractivity contribution in [3.05, 3.63) is 59.2 Å². The van der Waals surface area contributed by atoms with E-state index in [2.05, 4.69) is 4.72 Å². The zero-order chi connectivity index (χ0) is 24.6. The average Bonchev–Trinajstić information content (AvgIpc) is 3.56. The van der Waals surface area contributed by atoms with Crippen LogP contribution >= 0.6 is 0 Å². The van der Waals surface area contributed by atoms with Crippen molar-refractivity contribution in [3.8, 4) is 11.1 Å². The highest BCUT2D eigenvalue weighted by Gasteiger charge is 2.47. The minimum atomic E-state index is -3.34. The summed E-state index contributed by atoms with van der Waals surface area (Å²) in [5, 5.41) is 0. The number of hydrogen-bond donors (Lipinski definition) is 1. The predicted molar refractivity (Wildman–Crippen MR) is 120 cm³/mol. The fourth-order valence-electron chi connectivity index (χ4n) is 4.79. The van der Waals surface area contributed by atoms with E-state index in [0.717, 1.165) is 24.5 Å². The molecule has 10 heteroatoms. The molecule has 0 aromatic heterocycles. The van der Waals surface area contributed by atoms with E-state index < -0.39 is 34.0 Å². The van der Waals surface area contributed by atoms with Crippen LogP contribution in [-0.2, 0) is 14.8 Å². The number of likely N-dealkylation sites (tertiary alicyclic amines) is 1. The standard InChI is InChI=1S/C24H26F4N2O3S/c1-34(32,33)29-15-4-3-10-30(11-9-15)24(31)19-13-17(19)16-8-7-14(23(27)28)12-18(16)22-20(25)5-2-6-21(22)26/h2,5-8,12,15,17,19,23,29H,3-4,9-11,13H2,1H3/t15-,17-,19+/m0/s1. The number of nitrogens with one attached hydrogen (secondary N) is 1. The van der Waals surface area contributed by atoms with Gasteiger partial charge in [-0.15, -0.1) is 0 Å². The number of carbonyl (C=O) groups excluding carboxylic acids is 1. The van der Waals surface area contributed by atoms with Crippen LogP contribution < -0.4 is 4.72 Å². The summed E-state index contributed by atoms with van der Waals surface area (Å²) in [7, 11) is -3.34. The van der Waals surface area contributed by atoms with Crippen molar-refractivity contribution in [2.45, 2.75) is 44.1 Å². The summed E-state index contributed by atoms with van der Waals surface area (Å²) in [5.74, 6) is -2.56. The van der Waals surface area contributed by atoms with Crippen LogP contribution in [0, 0.1) is 17.6 Å². The van der Waals surface area contributed by atoms with Crippen LogP contribution in [0.3, 0.4) is 0 Å². The predicted octanol–water partition coefficient (Wildman–Crippen LogP) is 4.60. The molecule has 1 saturated heterocycles. The van der Waals surface area contributed by atoms with Gasteiger partial charge in [-0.3, -0.25) is 4.79 Å². The maximum atomic E-state index is 14.5. The van der Waals surface area contributed by atoms with E-state index in [0.29, 0.717) is 44.3 Å². The van der Waals surface area contributed by atoms with Crippen LogP contribution in [-0.4, -0.2) is 44.6 Å². The van der Waals surface area contributed by atoms with Crippen LogP contribution in [0.4, 0.5) is 17.6 Å².